The molecule has 1 N–H and O–H groups in total. The Morgan fingerprint density at radius 2 is 1.57 bits per heavy atom. The number of likely N-dealkylation sites (N-methyl/N-ethyl adjacent to an activating group) is 1. The van der Waals surface area contributed by atoms with E-state index < -0.39 is 10.0 Å². The molecular weight excluding hydrogens is 398 g/mol. The predicted molar refractivity (Wildman–Crippen MR) is 119 cm³/mol. The number of benzene rings is 2. The fraction of sp³-hybridized carbons (Fsp3) is 0.273. The van der Waals surface area contributed by atoms with Gasteiger partial charge in [0.25, 0.3) is 10.0 Å². The summed E-state index contributed by atoms with van der Waals surface area (Å²) in [7, 11) is -1.57. The molecule has 0 spiro atoms. The van der Waals surface area contributed by atoms with Gasteiger partial charge >= 0.3 is 0 Å². The van der Waals surface area contributed by atoms with Crippen LogP contribution in [0.1, 0.15) is 5.56 Å². The predicted octanol–water partition coefficient (Wildman–Crippen LogP) is 3.00. The van der Waals surface area contributed by atoms with E-state index in [0.717, 1.165) is 43.0 Å². The van der Waals surface area contributed by atoms with Crippen molar-refractivity contribution in [2.24, 2.45) is 0 Å². The van der Waals surface area contributed by atoms with Crippen molar-refractivity contribution in [3.63, 3.8) is 0 Å². The Morgan fingerprint density at radius 3 is 2.23 bits per heavy atom. The second kappa shape index (κ2) is 8.41. The van der Waals surface area contributed by atoms with Gasteiger partial charge in [0, 0.05) is 37.4 Å². The molecule has 2 heterocycles. The van der Waals surface area contributed by atoms with E-state index in [0.29, 0.717) is 5.69 Å². The fourth-order valence-corrected chi connectivity index (χ4v) is 4.45. The third-order valence-corrected chi connectivity index (χ3v) is 6.63. The van der Waals surface area contributed by atoms with Gasteiger partial charge in [0.1, 0.15) is 0 Å². The third-order valence-electron chi connectivity index (χ3n) is 5.26. The molecule has 156 valence electrons. The molecule has 0 bridgehead atoms. The molecule has 0 aliphatic carbocycles. The molecule has 0 unspecified atom stereocenters. The molecule has 0 radical (unpaired) electrons. The van der Waals surface area contributed by atoms with Gasteiger partial charge in [0.15, 0.2) is 5.82 Å². The van der Waals surface area contributed by atoms with Gasteiger partial charge in [0.2, 0.25) is 0 Å². The van der Waals surface area contributed by atoms with E-state index in [1.54, 1.807) is 36.4 Å². The number of hydrogen-bond acceptors (Lipinski definition) is 6. The molecule has 0 saturated carbocycles. The van der Waals surface area contributed by atoms with Gasteiger partial charge in [-0.25, -0.2) is 8.42 Å². The quantitative estimate of drug-likeness (QED) is 0.680. The highest BCUT2D eigenvalue weighted by molar-refractivity contribution is 7.92. The largest absolute Gasteiger partial charge is 0.368 e. The molecule has 1 aliphatic heterocycles. The number of hydrogen-bond donors (Lipinski definition) is 1. The zero-order valence-electron chi connectivity index (χ0n) is 17.1. The fourth-order valence-electron chi connectivity index (χ4n) is 3.46. The summed E-state index contributed by atoms with van der Waals surface area (Å²) in [4.78, 5) is 4.86. The number of aryl methyl sites for hydroxylation is 1. The summed E-state index contributed by atoms with van der Waals surface area (Å²) in [5.74, 6) is 0.191. The van der Waals surface area contributed by atoms with Crippen LogP contribution in [0.2, 0.25) is 0 Å². The molecule has 3 aromatic rings. The highest BCUT2D eigenvalue weighted by Crippen LogP contribution is 2.30. The number of nitrogens with zero attached hydrogens (tertiary/aromatic N) is 4. The number of piperazine rings is 1. The maximum absolute atomic E-state index is 12.6. The van der Waals surface area contributed by atoms with E-state index in [1.807, 2.05) is 25.1 Å². The smallest absolute Gasteiger partial charge is 0.263 e. The monoisotopic (exact) mass is 423 g/mol. The lowest BCUT2D eigenvalue weighted by Crippen LogP contribution is -2.44. The van der Waals surface area contributed by atoms with Gasteiger partial charge in [-0.05, 0) is 44.3 Å². The molecule has 0 atom stereocenters. The lowest BCUT2D eigenvalue weighted by atomic mass is 10.1. The van der Waals surface area contributed by atoms with E-state index in [-0.39, 0.29) is 10.7 Å². The number of para-hydroxylation sites is 1. The zero-order chi connectivity index (χ0) is 21.1. The van der Waals surface area contributed by atoms with Crippen molar-refractivity contribution in [1.82, 2.24) is 15.1 Å². The standard InChI is InChI=1S/C22H25N5O2S/c1-17-7-9-18(10-8-17)30(28,29)25-22-12-11-20(23-24-22)19-5-3-4-6-21(19)27-15-13-26(2)14-16-27/h3-12H,13-16H2,1-2H3,(H,24,25). The summed E-state index contributed by atoms with van der Waals surface area (Å²) in [6, 6.07) is 18.2. The maximum atomic E-state index is 12.6. The van der Waals surface area contributed by atoms with Crippen LogP contribution in [-0.4, -0.2) is 56.7 Å². The second-order valence-electron chi connectivity index (χ2n) is 7.53. The van der Waals surface area contributed by atoms with E-state index >= 15 is 0 Å². The van der Waals surface area contributed by atoms with Gasteiger partial charge in [-0.1, -0.05) is 35.9 Å². The number of aromatic nitrogens is 2. The van der Waals surface area contributed by atoms with Gasteiger partial charge in [-0.2, -0.15) is 0 Å². The molecule has 1 saturated heterocycles. The van der Waals surface area contributed by atoms with Crippen LogP contribution in [0.3, 0.4) is 0 Å². The first-order valence-corrected chi connectivity index (χ1v) is 11.4. The summed E-state index contributed by atoms with van der Waals surface area (Å²) in [6.45, 7) is 5.85. The average molecular weight is 424 g/mol. The average Bonchev–Trinajstić information content (AvgIpc) is 2.75. The summed E-state index contributed by atoms with van der Waals surface area (Å²) < 4.78 is 27.6. The summed E-state index contributed by atoms with van der Waals surface area (Å²) in [6.07, 6.45) is 0. The van der Waals surface area contributed by atoms with Crippen LogP contribution in [0.4, 0.5) is 11.5 Å². The van der Waals surface area contributed by atoms with Crippen LogP contribution in [-0.2, 0) is 10.0 Å². The SMILES string of the molecule is Cc1ccc(S(=O)(=O)Nc2ccc(-c3ccccc3N3CCN(C)CC3)nn2)cc1. The Bertz CT molecular complexity index is 1110. The summed E-state index contributed by atoms with van der Waals surface area (Å²) in [5, 5.41) is 8.41. The van der Waals surface area contributed by atoms with Crippen LogP contribution >= 0.6 is 0 Å². The third kappa shape index (κ3) is 4.44. The lowest BCUT2D eigenvalue weighted by Gasteiger charge is -2.35. The first-order valence-electron chi connectivity index (χ1n) is 9.88. The minimum atomic E-state index is -3.70. The van der Waals surface area contributed by atoms with Crippen molar-refractivity contribution in [2.45, 2.75) is 11.8 Å². The van der Waals surface area contributed by atoms with Crippen LogP contribution in [0, 0.1) is 6.92 Å². The topological polar surface area (TPSA) is 78.4 Å². The lowest BCUT2D eigenvalue weighted by molar-refractivity contribution is 0.313. The van der Waals surface area contributed by atoms with Crippen molar-refractivity contribution < 1.29 is 8.42 Å². The molecule has 0 amide bonds. The molecular formula is C22H25N5O2S. The molecule has 7 nitrogen and oxygen atoms in total. The van der Waals surface area contributed by atoms with E-state index in [9.17, 15) is 8.42 Å². The molecule has 1 fully saturated rings. The Hall–Kier alpha value is -2.97. The van der Waals surface area contributed by atoms with E-state index in [2.05, 4.69) is 37.8 Å². The van der Waals surface area contributed by atoms with Crippen LogP contribution in [0.5, 0.6) is 0 Å². The van der Waals surface area contributed by atoms with Crippen molar-refractivity contribution >= 4 is 21.5 Å². The maximum Gasteiger partial charge on any atom is 0.263 e. The zero-order valence-corrected chi connectivity index (χ0v) is 17.9. The van der Waals surface area contributed by atoms with Crippen LogP contribution in [0.15, 0.2) is 65.6 Å². The highest BCUT2D eigenvalue weighted by Gasteiger charge is 2.19. The van der Waals surface area contributed by atoms with Crippen LogP contribution < -0.4 is 9.62 Å². The van der Waals surface area contributed by atoms with Gasteiger partial charge in [-0.15, -0.1) is 10.2 Å². The number of rotatable bonds is 5. The molecule has 2 aromatic carbocycles. The highest BCUT2D eigenvalue weighted by atomic mass is 32.2. The Balaban J connectivity index is 1.55. The van der Waals surface area contributed by atoms with Crippen molar-refractivity contribution in [1.29, 1.82) is 0 Å². The van der Waals surface area contributed by atoms with Crippen LogP contribution in [0.25, 0.3) is 11.3 Å². The van der Waals surface area contributed by atoms with Crippen molar-refractivity contribution in [3.8, 4) is 11.3 Å². The van der Waals surface area contributed by atoms with Crippen molar-refractivity contribution in [3.05, 3.63) is 66.2 Å². The number of anilines is 2. The Labute approximate surface area is 177 Å². The molecule has 1 aliphatic rings. The van der Waals surface area contributed by atoms with Gasteiger partial charge < -0.3 is 9.80 Å². The van der Waals surface area contributed by atoms with E-state index in [1.165, 1.54) is 0 Å². The molecule has 30 heavy (non-hydrogen) atoms. The summed E-state index contributed by atoms with van der Waals surface area (Å²) in [5.41, 5.74) is 3.82. The Morgan fingerprint density at radius 1 is 0.867 bits per heavy atom. The number of sulfonamides is 1. The molecule has 1 aromatic heterocycles. The first-order chi connectivity index (χ1) is 14.4. The second-order valence-corrected chi connectivity index (χ2v) is 9.21. The van der Waals surface area contributed by atoms with Gasteiger partial charge in [-0.3, -0.25) is 4.72 Å². The minimum absolute atomic E-state index is 0.191. The Kier molecular flexibility index (Phi) is 5.69. The molecule has 4 rings (SSSR count). The van der Waals surface area contributed by atoms with E-state index in [4.69, 9.17) is 0 Å². The molecule has 8 heteroatoms. The van der Waals surface area contributed by atoms with Crippen molar-refractivity contribution in [2.75, 3.05) is 42.8 Å². The minimum Gasteiger partial charge on any atom is -0.368 e. The summed E-state index contributed by atoms with van der Waals surface area (Å²) >= 11 is 0. The normalized spacial score (nSPS) is 15.2. The first kappa shape index (κ1) is 20.3. The number of nitrogens with one attached hydrogen (secondary N) is 1. The van der Waals surface area contributed by atoms with Gasteiger partial charge in [0.05, 0.1) is 10.6 Å².